The van der Waals surface area contributed by atoms with Crippen molar-refractivity contribution in [2.24, 2.45) is 56.7 Å². The van der Waals surface area contributed by atoms with Crippen molar-refractivity contribution < 1.29 is 34.0 Å². The van der Waals surface area contributed by atoms with Crippen LogP contribution in [0.25, 0.3) is 0 Å². The molecule has 5 aliphatic rings. The van der Waals surface area contributed by atoms with Crippen LogP contribution in [0.2, 0.25) is 0 Å². The van der Waals surface area contributed by atoms with Crippen molar-refractivity contribution >= 4 is 17.9 Å². The number of hydrogen-bond donors (Lipinski definition) is 1. The maximum Gasteiger partial charge on any atom is 0.540 e. The minimum Gasteiger partial charge on any atom is -0.481 e. The summed E-state index contributed by atoms with van der Waals surface area (Å²) in [5.74, 6) is 0.169. The van der Waals surface area contributed by atoms with Gasteiger partial charge in [0.2, 0.25) is 0 Å². The minimum absolute atomic E-state index is 0.109. The van der Waals surface area contributed by atoms with E-state index in [9.17, 15) is 19.5 Å². The van der Waals surface area contributed by atoms with Gasteiger partial charge in [0.1, 0.15) is 11.5 Å². The van der Waals surface area contributed by atoms with Crippen molar-refractivity contribution in [3.05, 3.63) is 11.6 Å². The summed E-state index contributed by atoms with van der Waals surface area (Å²) < 4.78 is 5.63. The lowest BCUT2D eigenvalue weighted by molar-refractivity contribution is -0.267. The number of carboxylic acids is 1. The third-order valence-electron chi connectivity index (χ3n) is 13.9. The van der Waals surface area contributed by atoms with E-state index in [-0.39, 0.29) is 40.5 Å². The van der Waals surface area contributed by atoms with Gasteiger partial charge in [-0.3, -0.25) is 14.5 Å². The van der Waals surface area contributed by atoms with Gasteiger partial charge in [0.25, 0.3) is 0 Å². The fourth-order valence-electron chi connectivity index (χ4n) is 11.1. The van der Waals surface area contributed by atoms with Gasteiger partial charge in [0.05, 0.1) is 6.61 Å². The second-order valence-corrected chi connectivity index (χ2v) is 15.7. The molecule has 7 nitrogen and oxygen atoms in total. The molecule has 0 heterocycles. The second-order valence-electron chi connectivity index (χ2n) is 15.7. The smallest absolute Gasteiger partial charge is 0.481 e. The number of rotatable bonds is 5. The number of ether oxygens (including phenoxy) is 1. The van der Waals surface area contributed by atoms with E-state index in [4.69, 9.17) is 14.5 Å². The molecule has 1 N–H and O–H groups in total. The number of fused-ring (bicyclic) bond motifs is 7. The lowest BCUT2D eigenvalue weighted by atomic mass is 9.33. The summed E-state index contributed by atoms with van der Waals surface area (Å²) in [6.45, 7) is 18.0. The molecule has 11 atom stereocenters. The molecule has 0 aliphatic heterocycles. The highest BCUT2D eigenvalue weighted by Crippen LogP contribution is 2.75. The highest BCUT2D eigenvalue weighted by molar-refractivity contribution is 5.96. The molecule has 0 aromatic rings. The summed E-state index contributed by atoms with van der Waals surface area (Å²) in [4.78, 5) is 49.6. The van der Waals surface area contributed by atoms with Gasteiger partial charge in [-0.25, -0.2) is 4.79 Å². The van der Waals surface area contributed by atoms with E-state index in [1.54, 1.807) is 6.92 Å². The van der Waals surface area contributed by atoms with Crippen molar-refractivity contribution in [1.82, 2.24) is 0 Å². The van der Waals surface area contributed by atoms with Crippen molar-refractivity contribution in [1.29, 1.82) is 0 Å². The maximum absolute atomic E-state index is 14.5. The summed E-state index contributed by atoms with van der Waals surface area (Å²) in [5.41, 5.74) is -0.638. The molecule has 41 heavy (non-hydrogen) atoms. The molecular formula is C34H52O7. The largest absolute Gasteiger partial charge is 0.540 e. The van der Waals surface area contributed by atoms with Gasteiger partial charge in [-0.15, -0.1) is 0 Å². The second kappa shape index (κ2) is 10.1. The van der Waals surface area contributed by atoms with Crippen LogP contribution in [0.15, 0.2) is 11.6 Å². The monoisotopic (exact) mass is 572 g/mol. The fraction of sp³-hybridized carbons (Fsp3) is 0.853. The Bertz CT molecular complexity index is 1130. The summed E-state index contributed by atoms with van der Waals surface area (Å²) in [7, 11) is 0. The highest BCUT2D eigenvalue weighted by Gasteiger charge is 2.72. The van der Waals surface area contributed by atoms with Crippen LogP contribution in [0.3, 0.4) is 0 Å². The molecule has 5 aliphatic carbocycles. The Morgan fingerprint density at radius 2 is 1.68 bits per heavy atom. The first-order chi connectivity index (χ1) is 19.1. The van der Waals surface area contributed by atoms with Crippen LogP contribution < -0.4 is 0 Å². The average Bonchev–Trinajstić information content (AvgIpc) is 2.89. The molecule has 0 amide bonds. The van der Waals surface area contributed by atoms with Crippen LogP contribution in [0.5, 0.6) is 0 Å². The van der Waals surface area contributed by atoms with Crippen molar-refractivity contribution in [2.45, 2.75) is 119 Å². The van der Waals surface area contributed by atoms with E-state index in [2.05, 4.69) is 41.5 Å². The van der Waals surface area contributed by atoms with Crippen LogP contribution in [-0.4, -0.2) is 35.7 Å². The maximum atomic E-state index is 14.5. The first-order valence-corrected chi connectivity index (χ1v) is 16.1. The molecule has 230 valence electrons. The van der Waals surface area contributed by atoms with Crippen LogP contribution in [0, 0.1) is 56.7 Å². The predicted molar refractivity (Wildman–Crippen MR) is 155 cm³/mol. The van der Waals surface area contributed by atoms with Crippen molar-refractivity contribution in [3.63, 3.8) is 0 Å². The Morgan fingerprint density at radius 3 is 2.34 bits per heavy atom. The molecule has 3 unspecified atom stereocenters. The van der Waals surface area contributed by atoms with Crippen LogP contribution in [0.1, 0.15) is 113 Å². The molecule has 5 rings (SSSR count). The Balaban J connectivity index is 1.52. The SMILES string of the molecule is CCCOOC(=O)O[C@@H]1CC[C@@]2(C)C(CC[C@]3(C)C2C(=O)C=C2C4[C@@H](C)[C@H](C)CC[C@]4(C)CC[C@]23C)[C@@]1(C)C(=O)O. The number of carboxylic acid groups (broad SMARTS) is 1. The molecule has 0 spiro atoms. The van der Waals surface area contributed by atoms with E-state index >= 15 is 0 Å². The zero-order valence-corrected chi connectivity index (χ0v) is 26.5. The first-order valence-electron chi connectivity index (χ1n) is 16.1. The topological polar surface area (TPSA) is 99.1 Å². The molecule has 4 saturated carbocycles. The van der Waals surface area contributed by atoms with Crippen LogP contribution in [0.4, 0.5) is 4.79 Å². The standard InChI is InChI=1S/C34H52O7/c1-9-18-39-41-29(38)40-25-12-14-31(5)24(34(25,8)28(36)37)11-15-33(7)27(31)23(35)19-22-26-21(3)20(2)10-13-30(26,4)16-17-32(22,33)6/h19-21,24-27H,9-18H2,1-8H3,(H,36,37)/t20-,21+,24?,25-,26?,27?,30-,31+,32-,33-,34-/m1/s1. The zero-order chi connectivity index (χ0) is 30.2. The van der Waals surface area contributed by atoms with Crippen molar-refractivity contribution in [3.8, 4) is 0 Å². The first kappa shape index (κ1) is 30.6. The number of ketones is 1. The third kappa shape index (κ3) is 4.17. The van der Waals surface area contributed by atoms with E-state index in [1.807, 2.05) is 13.0 Å². The Hall–Kier alpha value is -1.89. The fourth-order valence-corrected chi connectivity index (χ4v) is 11.1. The Labute approximate surface area is 246 Å². The molecular weight excluding hydrogens is 520 g/mol. The quantitative estimate of drug-likeness (QED) is 0.155. The van der Waals surface area contributed by atoms with Gasteiger partial charge in [0.15, 0.2) is 5.78 Å². The van der Waals surface area contributed by atoms with Crippen LogP contribution >= 0.6 is 0 Å². The molecule has 0 aromatic carbocycles. The number of allylic oxidation sites excluding steroid dienone is 2. The van der Waals surface area contributed by atoms with Gasteiger partial charge in [-0.1, -0.05) is 54.0 Å². The molecule has 0 radical (unpaired) electrons. The Kier molecular flexibility index (Phi) is 7.52. The lowest BCUT2D eigenvalue weighted by Crippen LogP contribution is -2.68. The normalized spacial score (nSPS) is 49.0. The Morgan fingerprint density at radius 1 is 0.976 bits per heavy atom. The van der Waals surface area contributed by atoms with Gasteiger partial charge < -0.3 is 9.84 Å². The number of hydrogen-bond acceptors (Lipinski definition) is 6. The van der Waals surface area contributed by atoms with Gasteiger partial charge in [-0.2, -0.15) is 4.89 Å². The number of carbonyl (C=O) groups is 3. The lowest BCUT2D eigenvalue weighted by Gasteiger charge is -2.70. The minimum atomic E-state index is -1.35. The predicted octanol–water partition coefficient (Wildman–Crippen LogP) is 7.77. The molecule has 7 heteroatoms. The summed E-state index contributed by atoms with van der Waals surface area (Å²) >= 11 is 0. The molecule has 0 bridgehead atoms. The highest BCUT2D eigenvalue weighted by atomic mass is 17.2. The third-order valence-corrected chi connectivity index (χ3v) is 13.9. The van der Waals surface area contributed by atoms with E-state index in [0.717, 1.165) is 12.8 Å². The molecule has 4 fully saturated rings. The van der Waals surface area contributed by atoms with E-state index < -0.39 is 29.1 Å². The van der Waals surface area contributed by atoms with Crippen LogP contribution in [-0.2, 0) is 24.1 Å². The molecule has 0 aromatic heterocycles. The molecule has 0 saturated heterocycles. The van der Waals surface area contributed by atoms with Gasteiger partial charge in [0, 0.05) is 5.92 Å². The average molecular weight is 573 g/mol. The van der Waals surface area contributed by atoms with E-state index in [1.165, 1.54) is 24.8 Å². The summed E-state index contributed by atoms with van der Waals surface area (Å²) in [6.07, 6.45) is 8.00. The van der Waals surface area contributed by atoms with Gasteiger partial charge >= 0.3 is 12.1 Å². The van der Waals surface area contributed by atoms with Crippen molar-refractivity contribution in [2.75, 3.05) is 6.61 Å². The van der Waals surface area contributed by atoms with Gasteiger partial charge in [-0.05, 0) is 116 Å². The summed E-state index contributed by atoms with van der Waals surface area (Å²) in [6, 6.07) is 0. The number of aliphatic carboxylic acids is 1. The summed E-state index contributed by atoms with van der Waals surface area (Å²) in [5, 5.41) is 10.7. The zero-order valence-electron chi connectivity index (χ0n) is 26.5. The number of carbonyl (C=O) groups excluding carboxylic acids is 2. The van der Waals surface area contributed by atoms with E-state index in [0.29, 0.717) is 43.4 Å².